The lowest BCUT2D eigenvalue weighted by molar-refractivity contribution is 0.635. The van der Waals surface area contributed by atoms with E-state index in [-0.39, 0.29) is 0 Å². The van der Waals surface area contributed by atoms with Crippen LogP contribution in [-0.4, -0.2) is 0 Å². The van der Waals surface area contributed by atoms with Crippen LogP contribution in [0, 0.1) is 0 Å². The second-order valence-electron chi connectivity index (χ2n) is 3.10. The molecule has 0 aromatic heterocycles. The summed E-state index contributed by atoms with van der Waals surface area (Å²) in [6.07, 6.45) is 7.33. The minimum atomic E-state index is 0.743. The first-order valence-electron chi connectivity index (χ1n) is 4.69. The zero-order chi connectivity index (χ0) is 9.40. The maximum Gasteiger partial charge on any atom is 0.0323 e. The van der Waals surface area contributed by atoms with Gasteiger partial charge in [0.1, 0.15) is 0 Å². The predicted molar refractivity (Wildman–Crippen MR) is 57.8 cm³/mol. The Morgan fingerprint density at radius 1 is 1.00 bits per heavy atom. The van der Waals surface area contributed by atoms with Crippen molar-refractivity contribution in [2.45, 2.75) is 52.4 Å². The SMILES string of the molecule is CCCCCCC/C(Cl)=C(/C)Cl. The second kappa shape index (κ2) is 7.94. The quantitative estimate of drug-likeness (QED) is 0.536. The molecule has 0 aromatic carbocycles. The molecule has 0 saturated carbocycles. The molecule has 0 aliphatic rings. The number of hydrogen-bond acceptors (Lipinski definition) is 0. The summed E-state index contributed by atoms with van der Waals surface area (Å²) in [5.41, 5.74) is 0. The lowest BCUT2D eigenvalue weighted by Gasteiger charge is -2.00. The van der Waals surface area contributed by atoms with Crippen molar-refractivity contribution >= 4 is 23.2 Å². The van der Waals surface area contributed by atoms with E-state index in [1.165, 1.54) is 32.1 Å². The molecule has 0 unspecified atom stereocenters. The maximum absolute atomic E-state index is 5.88. The molecule has 0 aliphatic heterocycles. The van der Waals surface area contributed by atoms with Crippen LogP contribution in [0.15, 0.2) is 10.1 Å². The summed E-state index contributed by atoms with van der Waals surface area (Å²) in [5.74, 6) is 0. The van der Waals surface area contributed by atoms with E-state index >= 15 is 0 Å². The van der Waals surface area contributed by atoms with E-state index in [9.17, 15) is 0 Å². The molecular weight excluding hydrogens is 191 g/mol. The fourth-order valence-electron chi connectivity index (χ4n) is 1.06. The molecule has 0 saturated heterocycles. The first kappa shape index (κ1) is 12.3. The fourth-order valence-corrected chi connectivity index (χ4v) is 1.28. The van der Waals surface area contributed by atoms with Gasteiger partial charge in [0.25, 0.3) is 0 Å². The highest BCUT2D eigenvalue weighted by atomic mass is 35.5. The zero-order valence-electron chi connectivity index (χ0n) is 8.00. The van der Waals surface area contributed by atoms with Crippen LogP contribution < -0.4 is 0 Å². The van der Waals surface area contributed by atoms with Gasteiger partial charge in [-0.3, -0.25) is 0 Å². The first-order chi connectivity index (χ1) is 5.68. The molecule has 0 radical (unpaired) electrons. The van der Waals surface area contributed by atoms with E-state index in [1.807, 2.05) is 6.92 Å². The third-order valence-electron chi connectivity index (χ3n) is 1.87. The van der Waals surface area contributed by atoms with E-state index in [2.05, 4.69) is 6.92 Å². The van der Waals surface area contributed by atoms with Gasteiger partial charge in [0.15, 0.2) is 0 Å². The van der Waals surface area contributed by atoms with Crippen LogP contribution in [0.5, 0.6) is 0 Å². The standard InChI is InChI=1S/C10H18Cl2/c1-3-4-5-6-7-8-10(12)9(2)11/h3-8H2,1-2H3/b10-9+. The van der Waals surface area contributed by atoms with Gasteiger partial charge in [-0.1, -0.05) is 55.8 Å². The monoisotopic (exact) mass is 208 g/mol. The summed E-state index contributed by atoms with van der Waals surface area (Å²) < 4.78 is 0. The molecule has 0 atom stereocenters. The third kappa shape index (κ3) is 7.00. The number of allylic oxidation sites excluding steroid dienone is 2. The topological polar surface area (TPSA) is 0 Å². The minimum Gasteiger partial charge on any atom is -0.0882 e. The Balaban J connectivity index is 3.26. The van der Waals surface area contributed by atoms with Gasteiger partial charge >= 0.3 is 0 Å². The van der Waals surface area contributed by atoms with Crippen molar-refractivity contribution in [2.75, 3.05) is 0 Å². The van der Waals surface area contributed by atoms with Crippen molar-refractivity contribution in [1.82, 2.24) is 0 Å². The van der Waals surface area contributed by atoms with E-state index in [0.717, 1.165) is 16.5 Å². The highest BCUT2D eigenvalue weighted by Crippen LogP contribution is 2.19. The average molecular weight is 209 g/mol. The van der Waals surface area contributed by atoms with Gasteiger partial charge in [-0.15, -0.1) is 0 Å². The highest BCUT2D eigenvalue weighted by molar-refractivity contribution is 6.38. The van der Waals surface area contributed by atoms with Crippen LogP contribution in [0.1, 0.15) is 52.4 Å². The summed E-state index contributed by atoms with van der Waals surface area (Å²) in [5, 5.41) is 1.57. The Kier molecular flexibility index (Phi) is 8.15. The van der Waals surface area contributed by atoms with Crippen LogP contribution in [0.25, 0.3) is 0 Å². The lowest BCUT2D eigenvalue weighted by Crippen LogP contribution is -1.80. The van der Waals surface area contributed by atoms with Gasteiger partial charge < -0.3 is 0 Å². The molecule has 0 bridgehead atoms. The van der Waals surface area contributed by atoms with Crippen LogP contribution in [0.4, 0.5) is 0 Å². The number of hydrogen-bond donors (Lipinski definition) is 0. The van der Waals surface area contributed by atoms with E-state index < -0.39 is 0 Å². The van der Waals surface area contributed by atoms with Gasteiger partial charge in [0.2, 0.25) is 0 Å². The van der Waals surface area contributed by atoms with Gasteiger partial charge in [-0.25, -0.2) is 0 Å². The Hall–Kier alpha value is 0.320. The third-order valence-corrected chi connectivity index (χ3v) is 2.67. The number of halogens is 2. The fraction of sp³-hybridized carbons (Fsp3) is 0.800. The Bertz CT molecular complexity index is 135. The molecule has 12 heavy (non-hydrogen) atoms. The Labute approximate surface area is 85.9 Å². The molecule has 0 rings (SSSR count). The van der Waals surface area contributed by atoms with E-state index in [4.69, 9.17) is 23.2 Å². The van der Waals surface area contributed by atoms with Crippen molar-refractivity contribution in [3.05, 3.63) is 10.1 Å². The Morgan fingerprint density at radius 2 is 1.58 bits per heavy atom. The normalized spacial score (nSPS) is 13.0. The minimum absolute atomic E-state index is 0.743. The molecular formula is C10H18Cl2. The van der Waals surface area contributed by atoms with E-state index in [1.54, 1.807) is 0 Å². The molecule has 72 valence electrons. The maximum atomic E-state index is 5.88. The number of unbranched alkanes of at least 4 members (excludes halogenated alkanes) is 4. The molecule has 0 aromatic rings. The van der Waals surface area contributed by atoms with Crippen molar-refractivity contribution in [1.29, 1.82) is 0 Å². The molecule has 2 heteroatoms. The van der Waals surface area contributed by atoms with Crippen LogP contribution >= 0.6 is 23.2 Å². The van der Waals surface area contributed by atoms with Crippen LogP contribution in [0.3, 0.4) is 0 Å². The summed E-state index contributed by atoms with van der Waals surface area (Å²) in [6, 6.07) is 0. The largest absolute Gasteiger partial charge is 0.0882 e. The second-order valence-corrected chi connectivity index (χ2v) is 4.13. The van der Waals surface area contributed by atoms with Gasteiger partial charge in [0, 0.05) is 10.1 Å². The van der Waals surface area contributed by atoms with Crippen molar-refractivity contribution in [3.8, 4) is 0 Å². The molecule has 0 spiro atoms. The highest BCUT2D eigenvalue weighted by Gasteiger charge is 1.96. The summed E-state index contributed by atoms with van der Waals surface area (Å²) in [4.78, 5) is 0. The van der Waals surface area contributed by atoms with Crippen molar-refractivity contribution in [3.63, 3.8) is 0 Å². The number of rotatable bonds is 6. The molecule has 0 fully saturated rings. The molecule has 0 nitrogen and oxygen atoms in total. The smallest absolute Gasteiger partial charge is 0.0323 e. The average Bonchev–Trinajstić information content (AvgIpc) is 2.03. The zero-order valence-corrected chi connectivity index (χ0v) is 9.51. The van der Waals surface area contributed by atoms with Crippen LogP contribution in [0.2, 0.25) is 0 Å². The summed E-state index contributed by atoms with van der Waals surface area (Å²) >= 11 is 11.6. The molecule has 0 amide bonds. The van der Waals surface area contributed by atoms with Crippen molar-refractivity contribution < 1.29 is 0 Å². The molecule has 0 heterocycles. The summed E-state index contributed by atoms with van der Waals surface area (Å²) in [6.45, 7) is 4.06. The lowest BCUT2D eigenvalue weighted by atomic mass is 10.1. The molecule has 0 aliphatic carbocycles. The first-order valence-corrected chi connectivity index (χ1v) is 5.44. The van der Waals surface area contributed by atoms with Crippen molar-refractivity contribution in [2.24, 2.45) is 0 Å². The van der Waals surface area contributed by atoms with Gasteiger partial charge in [-0.05, 0) is 19.8 Å². The van der Waals surface area contributed by atoms with E-state index in [0.29, 0.717) is 0 Å². The summed E-state index contributed by atoms with van der Waals surface area (Å²) in [7, 11) is 0. The predicted octanol–water partition coefficient (Wildman–Crippen LogP) is 5.06. The Morgan fingerprint density at radius 3 is 2.08 bits per heavy atom. The van der Waals surface area contributed by atoms with Crippen LogP contribution in [-0.2, 0) is 0 Å². The van der Waals surface area contributed by atoms with Gasteiger partial charge in [-0.2, -0.15) is 0 Å². The molecule has 0 N–H and O–H groups in total. The van der Waals surface area contributed by atoms with Gasteiger partial charge in [0.05, 0.1) is 0 Å².